The molecule has 166 valence electrons. The quantitative estimate of drug-likeness (QED) is 0.632. The van der Waals surface area contributed by atoms with Gasteiger partial charge in [-0.15, -0.1) is 12.4 Å². The average Bonchev–Trinajstić information content (AvgIpc) is 2.71. The Morgan fingerprint density at radius 3 is 2.43 bits per heavy atom. The molecule has 2 N–H and O–H groups in total. The highest BCUT2D eigenvalue weighted by molar-refractivity contribution is 5.85. The second kappa shape index (κ2) is 11.4. The van der Waals surface area contributed by atoms with E-state index in [-0.39, 0.29) is 24.4 Å². The summed E-state index contributed by atoms with van der Waals surface area (Å²) in [5.74, 6) is 2.27. The number of benzene rings is 2. The number of rotatable bonds is 8. The Kier molecular flexibility index (Phi) is 9.28. The molecule has 0 aromatic heterocycles. The largest absolute Gasteiger partial charge is 0.508 e. The average molecular weight is 435 g/mol. The van der Waals surface area contributed by atoms with Crippen LogP contribution in [0.25, 0.3) is 0 Å². The number of piperazine rings is 1. The van der Waals surface area contributed by atoms with Crippen molar-refractivity contribution in [2.75, 3.05) is 39.3 Å². The van der Waals surface area contributed by atoms with E-state index in [1.807, 2.05) is 44.2 Å². The van der Waals surface area contributed by atoms with Gasteiger partial charge in [0.2, 0.25) is 0 Å². The van der Waals surface area contributed by atoms with Gasteiger partial charge in [-0.3, -0.25) is 4.90 Å². The summed E-state index contributed by atoms with van der Waals surface area (Å²) in [7, 11) is 0. The molecule has 2 aromatic carbocycles. The van der Waals surface area contributed by atoms with Crippen molar-refractivity contribution in [2.45, 2.75) is 39.7 Å². The Labute approximate surface area is 186 Å². The minimum Gasteiger partial charge on any atom is -0.508 e. The van der Waals surface area contributed by atoms with Crippen LogP contribution in [0.5, 0.6) is 17.2 Å². The third kappa shape index (κ3) is 6.03. The van der Waals surface area contributed by atoms with Gasteiger partial charge in [-0.05, 0) is 43.5 Å². The Bertz CT molecular complexity index is 807. The molecule has 2 aromatic rings. The lowest BCUT2D eigenvalue weighted by molar-refractivity contribution is 0.120. The number of phenols is 1. The minimum atomic E-state index is -0.155. The van der Waals surface area contributed by atoms with Gasteiger partial charge in [0.15, 0.2) is 0 Å². The van der Waals surface area contributed by atoms with Crippen LogP contribution in [-0.2, 0) is 0 Å². The number of aryl methyl sites for hydroxylation is 1. The van der Waals surface area contributed by atoms with Gasteiger partial charge in [0.05, 0.1) is 6.61 Å². The molecule has 0 bridgehead atoms. The summed E-state index contributed by atoms with van der Waals surface area (Å²) in [5.41, 5.74) is 2.91. The van der Waals surface area contributed by atoms with Crippen LogP contribution < -0.4 is 14.8 Å². The first-order valence-electron chi connectivity index (χ1n) is 10.6. The van der Waals surface area contributed by atoms with Crippen LogP contribution in [0.1, 0.15) is 49.5 Å². The highest BCUT2D eigenvalue weighted by Crippen LogP contribution is 2.37. The molecule has 0 saturated carbocycles. The number of para-hydroxylation sites is 1. The van der Waals surface area contributed by atoms with Crippen molar-refractivity contribution >= 4 is 12.4 Å². The van der Waals surface area contributed by atoms with Crippen molar-refractivity contribution in [1.82, 2.24) is 10.2 Å². The first kappa shape index (κ1) is 24.3. The third-order valence-electron chi connectivity index (χ3n) is 5.42. The number of hydrogen-bond acceptors (Lipinski definition) is 5. The maximum atomic E-state index is 10.2. The van der Waals surface area contributed by atoms with E-state index in [4.69, 9.17) is 9.47 Å². The fourth-order valence-corrected chi connectivity index (χ4v) is 3.75. The Balaban J connectivity index is 0.00000320. The first-order chi connectivity index (χ1) is 14.0. The molecule has 3 rings (SSSR count). The molecule has 0 amide bonds. The standard InChI is InChI=1S/C24H34N2O3.ClH/c1-5-28-22-9-7-6-8-19(22)24(16-26-12-10-25-11-13-26)29-23-14-18(4)21(27)15-20(23)17(2)3;/h6-9,14-15,17,24-25,27H,5,10-13,16H2,1-4H3;1H. The third-order valence-corrected chi connectivity index (χ3v) is 5.42. The maximum Gasteiger partial charge on any atom is 0.140 e. The summed E-state index contributed by atoms with van der Waals surface area (Å²) in [4.78, 5) is 2.44. The molecule has 1 fully saturated rings. The van der Waals surface area contributed by atoms with Gasteiger partial charge in [0, 0.05) is 43.9 Å². The van der Waals surface area contributed by atoms with Crippen molar-refractivity contribution in [3.8, 4) is 17.2 Å². The number of phenolic OH excluding ortho intramolecular Hbond substituents is 1. The van der Waals surface area contributed by atoms with Crippen LogP contribution in [0.3, 0.4) is 0 Å². The van der Waals surface area contributed by atoms with Crippen LogP contribution in [0.4, 0.5) is 0 Å². The number of ether oxygens (including phenoxy) is 2. The summed E-state index contributed by atoms with van der Waals surface area (Å²) >= 11 is 0. The van der Waals surface area contributed by atoms with E-state index in [9.17, 15) is 5.11 Å². The molecule has 1 aliphatic rings. The normalized spacial score (nSPS) is 15.5. The molecule has 0 aliphatic carbocycles. The Morgan fingerprint density at radius 2 is 1.77 bits per heavy atom. The zero-order valence-corrected chi connectivity index (χ0v) is 19.3. The lowest BCUT2D eigenvalue weighted by atomic mass is 9.99. The lowest BCUT2D eigenvalue weighted by Gasteiger charge is -2.32. The van der Waals surface area contributed by atoms with E-state index in [1.165, 1.54) is 0 Å². The van der Waals surface area contributed by atoms with Crippen LogP contribution in [0.2, 0.25) is 0 Å². The number of aromatic hydroxyl groups is 1. The molecule has 6 heteroatoms. The summed E-state index contributed by atoms with van der Waals surface area (Å²) in [5, 5.41) is 13.6. The molecule has 0 spiro atoms. The fourth-order valence-electron chi connectivity index (χ4n) is 3.75. The Morgan fingerprint density at radius 1 is 1.07 bits per heavy atom. The molecule has 1 heterocycles. The zero-order chi connectivity index (χ0) is 20.8. The van der Waals surface area contributed by atoms with Gasteiger partial charge in [0.25, 0.3) is 0 Å². The molecule has 1 saturated heterocycles. The topological polar surface area (TPSA) is 54.0 Å². The van der Waals surface area contributed by atoms with Gasteiger partial charge in [0.1, 0.15) is 23.4 Å². The van der Waals surface area contributed by atoms with Gasteiger partial charge in [-0.25, -0.2) is 0 Å². The van der Waals surface area contributed by atoms with Crippen molar-refractivity contribution in [2.24, 2.45) is 0 Å². The highest BCUT2D eigenvalue weighted by atomic mass is 35.5. The molecular weight excluding hydrogens is 400 g/mol. The molecule has 0 radical (unpaired) electrons. The van der Waals surface area contributed by atoms with Crippen molar-refractivity contribution in [3.63, 3.8) is 0 Å². The Hall–Kier alpha value is -1.95. The lowest BCUT2D eigenvalue weighted by Crippen LogP contribution is -2.45. The van der Waals surface area contributed by atoms with Gasteiger partial charge in [-0.1, -0.05) is 32.0 Å². The van der Waals surface area contributed by atoms with Gasteiger partial charge >= 0.3 is 0 Å². The summed E-state index contributed by atoms with van der Waals surface area (Å²) < 4.78 is 12.6. The monoisotopic (exact) mass is 434 g/mol. The summed E-state index contributed by atoms with van der Waals surface area (Å²) in [6, 6.07) is 11.9. The highest BCUT2D eigenvalue weighted by Gasteiger charge is 2.24. The number of nitrogens with zero attached hydrogens (tertiary/aromatic N) is 1. The predicted molar refractivity (Wildman–Crippen MR) is 124 cm³/mol. The predicted octanol–water partition coefficient (Wildman–Crippen LogP) is 4.67. The van der Waals surface area contributed by atoms with Crippen molar-refractivity contribution in [1.29, 1.82) is 0 Å². The number of hydrogen-bond donors (Lipinski definition) is 2. The van der Waals surface area contributed by atoms with E-state index in [2.05, 4.69) is 30.1 Å². The fraction of sp³-hybridized carbons (Fsp3) is 0.500. The van der Waals surface area contributed by atoms with E-state index >= 15 is 0 Å². The second-order valence-electron chi connectivity index (χ2n) is 7.96. The molecule has 1 atom stereocenters. The van der Waals surface area contributed by atoms with E-state index < -0.39 is 0 Å². The van der Waals surface area contributed by atoms with Gasteiger partial charge in [-0.2, -0.15) is 0 Å². The summed E-state index contributed by atoms with van der Waals surface area (Å²) in [6.45, 7) is 13.6. The van der Waals surface area contributed by atoms with Crippen molar-refractivity contribution in [3.05, 3.63) is 53.1 Å². The van der Waals surface area contributed by atoms with E-state index in [0.717, 1.165) is 60.9 Å². The molecule has 30 heavy (non-hydrogen) atoms. The van der Waals surface area contributed by atoms with Crippen molar-refractivity contribution < 1.29 is 14.6 Å². The van der Waals surface area contributed by atoms with Crippen LogP contribution >= 0.6 is 12.4 Å². The minimum absolute atomic E-state index is 0. The number of nitrogens with one attached hydrogen (secondary N) is 1. The molecule has 1 aliphatic heterocycles. The molecule has 1 unspecified atom stereocenters. The van der Waals surface area contributed by atoms with E-state index in [0.29, 0.717) is 12.4 Å². The maximum absolute atomic E-state index is 10.2. The van der Waals surface area contributed by atoms with Crippen LogP contribution in [0, 0.1) is 6.92 Å². The van der Waals surface area contributed by atoms with Crippen LogP contribution in [0.15, 0.2) is 36.4 Å². The first-order valence-corrected chi connectivity index (χ1v) is 10.6. The van der Waals surface area contributed by atoms with Gasteiger partial charge < -0.3 is 19.9 Å². The smallest absolute Gasteiger partial charge is 0.140 e. The van der Waals surface area contributed by atoms with Crippen LogP contribution in [-0.4, -0.2) is 49.3 Å². The molecule has 5 nitrogen and oxygen atoms in total. The molecular formula is C24H35ClN2O3. The SMILES string of the molecule is CCOc1ccccc1C(CN1CCNCC1)Oc1cc(C)c(O)cc1C(C)C.Cl. The zero-order valence-electron chi connectivity index (χ0n) is 18.5. The summed E-state index contributed by atoms with van der Waals surface area (Å²) in [6.07, 6.45) is -0.155. The second-order valence-corrected chi connectivity index (χ2v) is 7.96. The number of halogens is 1. The van der Waals surface area contributed by atoms with E-state index in [1.54, 1.807) is 0 Å².